The number of rotatable bonds is 4. The average Bonchev–Trinajstić information content (AvgIpc) is 2.75. The number of anilines is 1. The SMILES string of the molecule is CC(CC(=O)O)C1CCCN(c2nc(Cl)cs2)C1. The van der Waals surface area contributed by atoms with Crippen molar-refractivity contribution in [2.45, 2.75) is 26.2 Å². The van der Waals surface area contributed by atoms with Crippen LogP contribution in [0.5, 0.6) is 0 Å². The molecule has 0 bridgehead atoms. The van der Waals surface area contributed by atoms with Gasteiger partial charge in [-0.3, -0.25) is 4.79 Å². The van der Waals surface area contributed by atoms with Crippen LogP contribution in [0, 0.1) is 11.8 Å². The van der Waals surface area contributed by atoms with E-state index in [9.17, 15) is 4.79 Å². The van der Waals surface area contributed by atoms with Crippen molar-refractivity contribution >= 4 is 34.0 Å². The van der Waals surface area contributed by atoms with Crippen LogP contribution in [-0.2, 0) is 4.79 Å². The smallest absolute Gasteiger partial charge is 0.303 e. The first-order chi connectivity index (χ1) is 8.56. The van der Waals surface area contributed by atoms with Crippen LogP contribution in [0.4, 0.5) is 5.13 Å². The number of carboxylic acids is 1. The van der Waals surface area contributed by atoms with Gasteiger partial charge in [0.15, 0.2) is 5.13 Å². The van der Waals surface area contributed by atoms with E-state index in [1.165, 1.54) is 0 Å². The summed E-state index contributed by atoms with van der Waals surface area (Å²) in [4.78, 5) is 17.3. The summed E-state index contributed by atoms with van der Waals surface area (Å²) in [5.74, 6) is -0.0739. The number of piperidine rings is 1. The maximum absolute atomic E-state index is 10.8. The standard InChI is InChI=1S/C12H17ClN2O2S/c1-8(5-11(16)17)9-3-2-4-15(6-9)12-14-10(13)7-18-12/h7-9H,2-6H2,1H3,(H,16,17). The van der Waals surface area contributed by atoms with Gasteiger partial charge >= 0.3 is 5.97 Å². The van der Waals surface area contributed by atoms with Crippen LogP contribution < -0.4 is 4.90 Å². The summed E-state index contributed by atoms with van der Waals surface area (Å²) in [5, 5.41) is 12.2. The lowest BCUT2D eigenvalue weighted by Gasteiger charge is -2.35. The monoisotopic (exact) mass is 288 g/mol. The van der Waals surface area contributed by atoms with E-state index in [0.717, 1.165) is 31.1 Å². The second-order valence-corrected chi connectivity index (χ2v) is 6.10. The normalized spacial score (nSPS) is 21.9. The molecule has 6 heteroatoms. The molecular formula is C12H17ClN2O2S. The molecule has 4 nitrogen and oxygen atoms in total. The molecule has 1 aliphatic heterocycles. The number of aliphatic carboxylic acids is 1. The number of hydrogen-bond acceptors (Lipinski definition) is 4. The summed E-state index contributed by atoms with van der Waals surface area (Å²) in [6.45, 7) is 3.90. The van der Waals surface area contributed by atoms with Gasteiger partial charge in [-0.1, -0.05) is 18.5 Å². The Morgan fingerprint density at radius 2 is 2.56 bits per heavy atom. The molecule has 1 fully saturated rings. The lowest BCUT2D eigenvalue weighted by Crippen LogP contribution is -2.38. The molecule has 0 aromatic carbocycles. The first-order valence-electron chi connectivity index (χ1n) is 6.14. The Morgan fingerprint density at radius 1 is 1.78 bits per heavy atom. The summed E-state index contributed by atoms with van der Waals surface area (Å²) < 4.78 is 0. The van der Waals surface area contributed by atoms with E-state index in [4.69, 9.17) is 16.7 Å². The highest BCUT2D eigenvalue weighted by Gasteiger charge is 2.27. The highest BCUT2D eigenvalue weighted by atomic mass is 35.5. The topological polar surface area (TPSA) is 53.4 Å². The van der Waals surface area contributed by atoms with E-state index < -0.39 is 5.97 Å². The van der Waals surface area contributed by atoms with Crippen molar-refractivity contribution in [3.05, 3.63) is 10.5 Å². The molecule has 0 amide bonds. The summed E-state index contributed by atoms with van der Waals surface area (Å²) in [6.07, 6.45) is 2.44. The van der Waals surface area contributed by atoms with Gasteiger partial charge in [0.25, 0.3) is 0 Å². The molecule has 1 aromatic heterocycles. The lowest BCUT2D eigenvalue weighted by molar-refractivity contribution is -0.138. The van der Waals surface area contributed by atoms with E-state index in [1.807, 2.05) is 12.3 Å². The number of thiazole rings is 1. The lowest BCUT2D eigenvalue weighted by atomic mass is 9.85. The van der Waals surface area contributed by atoms with Crippen LogP contribution in [0.15, 0.2) is 5.38 Å². The Morgan fingerprint density at radius 3 is 3.17 bits per heavy atom. The predicted octanol–water partition coefficient (Wildman–Crippen LogP) is 3.12. The zero-order chi connectivity index (χ0) is 13.1. The van der Waals surface area contributed by atoms with E-state index in [1.54, 1.807) is 11.3 Å². The molecule has 1 N–H and O–H groups in total. The fraction of sp³-hybridized carbons (Fsp3) is 0.667. The van der Waals surface area contributed by atoms with E-state index in [0.29, 0.717) is 11.1 Å². The van der Waals surface area contributed by atoms with Gasteiger partial charge in [-0.25, -0.2) is 4.98 Å². The molecule has 0 spiro atoms. The molecular weight excluding hydrogens is 272 g/mol. The molecule has 1 aliphatic rings. The highest BCUT2D eigenvalue weighted by Crippen LogP contribution is 2.31. The molecule has 1 aromatic rings. The van der Waals surface area contributed by atoms with Crippen LogP contribution >= 0.6 is 22.9 Å². The molecule has 2 atom stereocenters. The Bertz CT molecular complexity index is 424. The second-order valence-electron chi connectivity index (χ2n) is 4.88. The number of halogens is 1. The van der Waals surface area contributed by atoms with Crippen molar-refractivity contribution in [1.29, 1.82) is 0 Å². The molecule has 2 heterocycles. The summed E-state index contributed by atoms with van der Waals surface area (Å²) in [5.41, 5.74) is 0. The van der Waals surface area contributed by atoms with Crippen LogP contribution in [0.1, 0.15) is 26.2 Å². The Labute approximate surface area is 116 Å². The van der Waals surface area contributed by atoms with Gasteiger partial charge in [0.05, 0.1) is 0 Å². The summed E-state index contributed by atoms with van der Waals surface area (Å²) >= 11 is 7.39. The second kappa shape index (κ2) is 5.89. The van der Waals surface area contributed by atoms with Crippen molar-refractivity contribution in [2.24, 2.45) is 11.8 Å². The molecule has 1 saturated heterocycles. The molecule has 2 unspecified atom stereocenters. The summed E-state index contributed by atoms with van der Waals surface area (Å²) in [7, 11) is 0. The third-order valence-electron chi connectivity index (χ3n) is 3.49. The molecule has 100 valence electrons. The van der Waals surface area contributed by atoms with Gasteiger partial charge in [-0.2, -0.15) is 0 Å². The van der Waals surface area contributed by atoms with Gasteiger partial charge in [-0.15, -0.1) is 11.3 Å². The fourth-order valence-corrected chi connectivity index (χ4v) is 3.47. The van der Waals surface area contributed by atoms with Crippen LogP contribution in [0.2, 0.25) is 5.15 Å². The van der Waals surface area contributed by atoms with Gasteiger partial charge in [0.1, 0.15) is 5.15 Å². The largest absolute Gasteiger partial charge is 0.481 e. The van der Waals surface area contributed by atoms with Crippen molar-refractivity contribution in [3.63, 3.8) is 0 Å². The molecule has 0 aliphatic carbocycles. The van der Waals surface area contributed by atoms with Gasteiger partial charge in [0, 0.05) is 24.9 Å². The quantitative estimate of drug-likeness (QED) is 0.925. The minimum atomic E-state index is -0.711. The van der Waals surface area contributed by atoms with Crippen molar-refractivity contribution in [3.8, 4) is 0 Å². The Hall–Kier alpha value is -0.810. The van der Waals surface area contributed by atoms with Gasteiger partial charge in [0.2, 0.25) is 0 Å². The van der Waals surface area contributed by atoms with Crippen LogP contribution in [0.3, 0.4) is 0 Å². The van der Waals surface area contributed by atoms with E-state index >= 15 is 0 Å². The first-order valence-corrected chi connectivity index (χ1v) is 7.40. The number of carbonyl (C=O) groups is 1. The predicted molar refractivity (Wildman–Crippen MR) is 73.5 cm³/mol. The van der Waals surface area contributed by atoms with Gasteiger partial charge < -0.3 is 10.0 Å². The van der Waals surface area contributed by atoms with Crippen molar-refractivity contribution < 1.29 is 9.90 Å². The number of nitrogens with zero attached hydrogens (tertiary/aromatic N) is 2. The maximum Gasteiger partial charge on any atom is 0.303 e. The Balaban J connectivity index is 1.98. The first kappa shape index (κ1) is 13.6. The molecule has 2 rings (SSSR count). The van der Waals surface area contributed by atoms with Crippen LogP contribution in [-0.4, -0.2) is 29.1 Å². The third-order valence-corrected chi connectivity index (χ3v) is 4.72. The zero-order valence-electron chi connectivity index (χ0n) is 10.3. The summed E-state index contributed by atoms with van der Waals surface area (Å²) in [6, 6.07) is 0. The third kappa shape index (κ3) is 3.36. The van der Waals surface area contributed by atoms with Gasteiger partial charge in [-0.05, 0) is 24.7 Å². The van der Waals surface area contributed by atoms with Crippen molar-refractivity contribution in [2.75, 3.05) is 18.0 Å². The number of carboxylic acid groups (broad SMARTS) is 1. The molecule has 18 heavy (non-hydrogen) atoms. The van der Waals surface area contributed by atoms with Crippen LogP contribution in [0.25, 0.3) is 0 Å². The maximum atomic E-state index is 10.8. The number of aromatic nitrogens is 1. The molecule has 0 saturated carbocycles. The molecule has 0 radical (unpaired) electrons. The van der Waals surface area contributed by atoms with E-state index in [2.05, 4.69) is 9.88 Å². The van der Waals surface area contributed by atoms with E-state index in [-0.39, 0.29) is 12.3 Å². The van der Waals surface area contributed by atoms with Crippen molar-refractivity contribution in [1.82, 2.24) is 4.98 Å². The minimum absolute atomic E-state index is 0.209. The Kier molecular flexibility index (Phi) is 4.45. The average molecular weight is 289 g/mol. The number of hydrogen-bond donors (Lipinski definition) is 1. The fourth-order valence-electron chi connectivity index (χ4n) is 2.48. The minimum Gasteiger partial charge on any atom is -0.481 e. The zero-order valence-corrected chi connectivity index (χ0v) is 11.9. The highest BCUT2D eigenvalue weighted by molar-refractivity contribution is 7.14.